The Balaban J connectivity index is 3.24. The van der Waals surface area contributed by atoms with Crippen LogP contribution in [0.1, 0.15) is 5.56 Å². The van der Waals surface area contributed by atoms with Crippen molar-refractivity contribution >= 4 is 11.8 Å². The minimum Gasteiger partial charge on any atom is -0.494 e. The Morgan fingerprint density at radius 3 is 2.80 bits per heavy atom. The van der Waals surface area contributed by atoms with E-state index in [0.29, 0.717) is 0 Å². The Morgan fingerprint density at radius 2 is 2.33 bits per heavy atom. The monoisotopic (exact) mass is 210 g/mol. The third kappa shape index (κ3) is 2.34. The second-order valence-corrected chi connectivity index (χ2v) is 2.57. The smallest absolute Gasteiger partial charge is 0.409 e. The van der Waals surface area contributed by atoms with Crippen molar-refractivity contribution in [1.82, 2.24) is 0 Å². The highest BCUT2D eigenvalue weighted by Crippen LogP contribution is 2.25. The van der Waals surface area contributed by atoms with E-state index in [2.05, 4.69) is 4.74 Å². The number of rotatable bonds is 2. The van der Waals surface area contributed by atoms with Crippen molar-refractivity contribution in [3.8, 4) is 11.8 Å². The molecule has 0 heterocycles. The lowest BCUT2D eigenvalue weighted by Crippen LogP contribution is -2.09. The highest BCUT2D eigenvalue weighted by molar-refractivity contribution is 5.85. The van der Waals surface area contributed by atoms with Gasteiger partial charge in [0.25, 0.3) is 0 Å². The first kappa shape index (κ1) is 10.8. The summed E-state index contributed by atoms with van der Waals surface area (Å²) < 4.78 is 17.8. The molecule has 2 N–H and O–H groups in total. The molecule has 0 fully saturated rings. The van der Waals surface area contributed by atoms with E-state index in [1.54, 1.807) is 6.07 Å². The third-order valence-corrected chi connectivity index (χ3v) is 1.65. The molecule has 1 rings (SSSR count). The first-order valence-electron chi connectivity index (χ1n) is 3.86. The van der Waals surface area contributed by atoms with E-state index in [1.807, 2.05) is 5.32 Å². The zero-order valence-corrected chi connectivity index (χ0v) is 7.74. The average molecular weight is 210 g/mol. The third-order valence-electron chi connectivity index (χ3n) is 1.65. The SMILES string of the molecule is COc1cc(NC(=O)O)c(C#N)cc1F. The van der Waals surface area contributed by atoms with Crippen LogP contribution in [0.4, 0.5) is 14.9 Å². The summed E-state index contributed by atoms with van der Waals surface area (Å²) in [6.45, 7) is 0. The highest BCUT2D eigenvalue weighted by atomic mass is 19.1. The number of hydrogen-bond acceptors (Lipinski definition) is 3. The molecule has 0 atom stereocenters. The topological polar surface area (TPSA) is 82.3 Å². The van der Waals surface area contributed by atoms with Gasteiger partial charge in [-0.05, 0) is 6.07 Å². The lowest BCUT2D eigenvalue weighted by atomic mass is 10.2. The zero-order valence-electron chi connectivity index (χ0n) is 7.74. The molecule has 1 aromatic rings. The lowest BCUT2D eigenvalue weighted by Gasteiger charge is -2.07. The van der Waals surface area contributed by atoms with Crippen molar-refractivity contribution in [3.63, 3.8) is 0 Å². The summed E-state index contributed by atoms with van der Waals surface area (Å²) in [6.07, 6.45) is -1.33. The minimum absolute atomic E-state index is 0.0109. The summed E-state index contributed by atoms with van der Waals surface area (Å²) in [6, 6.07) is 3.69. The summed E-state index contributed by atoms with van der Waals surface area (Å²) >= 11 is 0. The van der Waals surface area contributed by atoms with Gasteiger partial charge < -0.3 is 9.84 Å². The van der Waals surface area contributed by atoms with Gasteiger partial charge in [0.05, 0.1) is 18.4 Å². The van der Waals surface area contributed by atoms with Crippen molar-refractivity contribution in [2.24, 2.45) is 0 Å². The number of nitrogens with one attached hydrogen (secondary N) is 1. The fourth-order valence-corrected chi connectivity index (χ4v) is 1.02. The van der Waals surface area contributed by atoms with Crippen LogP contribution in [0.15, 0.2) is 12.1 Å². The van der Waals surface area contributed by atoms with E-state index >= 15 is 0 Å². The number of carboxylic acid groups (broad SMARTS) is 1. The zero-order chi connectivity index (χ0) is 11.4. The Bertz CT molecular complexity index is 440. The second-order valence-electron chi connectivity index (χ2n) is 2.57. The van der Waals surface area contributed by atoms with Gasteiger partial charge in [0.15, 0.2) is 11.6 Å². The molecule has 15 heavy (non-hydrogen) atoms. The van der Waals surface area contributed by atoms with Crippen molar-refractivity contribution < 1.29 is 19.0 Å². The van der Waals surface area contributed by atoms with Gasteiger partial charge in [-0.2, -0.15) is 5.26 Å². The number of carbonyl (C=O) groups is 1. The molecule has 5 nitrogen and oxygen atoms in total. The molecule has 0 spiro atoms. The Kier molecular flexibility index (Phi) is 3.08. The van der Waals surface area contributed by atoms with Gasteiger partial charge in [-0.1, -0.05) is 0 Å². The highest BCUT2D eigenvalue weighted by Gasteiger charge is 2.11. The number of nitriles is 1. The molecule has 1 aromatic carbocycles. The van der Waals surface area contributed by atoms with Crippen LogP contribution in [0.25, 0.3) is 0 Å². The molecule has 0 aliphatic rings. The van der Waals surface area contributed by atoms with Crippen LogP contribution in [-0.2, 0) is 0 Å². The molecule has 1 amide bonds. The van der Waals surface area contributed by atoms with E-state index in [-0.39, 0.29) is 17.0 Å². The molecular weight excluding hydrogens is 203 g/mol. The van der Waals surface area contributed by atoms with E-state index in [0.717, 1.165) is 12.1 Å². The fourth-order valence-electron chi connectivity index (χ4n) is 1.02. The second kappa shape index (κ2) is 4.28. The molecule has 0 saturated carbocycles. The van der Waals surface area contributed by atoms with Crippen LogP contribution in [0.2, 0.25) is 0 Å². The summed E-state index contributed by atoms with van der Waals surface area (Å²) in [5, 5.41) is 19.1. The predicted molar refractivity (Wildman–Crippen MR) is 49.3 cm³/mol. The van der Waals surface area contributed by atoms with Gasteiger partial charge in [-0.15, -0.1) is 0 Å². The predicted octanol–water partition coefficient (Wildman–Crippen LogP) is 1.80. The van der Waals surface area contributed by atoms with Crippen molar-refractivity contribution in [1.29, 1.82) is 5.26 Å². The van der Waals surface area contributed by atoms with Gasteiger partial charge in [-0.3, -0.25) is 5.32 Å². The number of ether oxygens (including phenoxy) is 1. The van der Waals surface area contributed by atoms with Crippen molar-refractivity contribution in [2.75, 3.05) is 12.4 Å². The molecule has 0 aliphatic heterocycles. The number of nitrogens with zero attached hydrogens (tertiary/aromatic N) is 1. The molecule has 0 aliphatic carbocycles. The summed E-state index contributed by atoms with van der Waals surface area (Å²) in [5.74, 6) is -0.845. The Hall–Kier alpha value is -2.29. The summed E-state index contributed by atoms with van der Waals surface area (Å²) in [7, 11) is 1.25. The quantitative estimate of drug-likeness (QED) is 0.779. The molecule has 0 radical (unpaired) electrons. The average Bonchev–Trinajstić information content (AvgIpc) is 2.19. The summed E-state index contributed by atoms with van der Waals surface area (Å²) in [5.41, 5.74) is -0.112. The van der Waals surface area contributed by atoms with Gasteiger partial charge in [0.2, 0.25) is 0 Å². The van der Waals surface area contributed by atoms with Gasteiger partial charge >= 0.3 is 6.09 Å². The largest absolute Gasteiger partial charge is 0.494 e. The minimum atomic E-state index is -1.33. The van der Waals surface area contributed by atoms with Gasteiger partial charge in [-0.25, -0.2) is 9.18 Å². The fraction of sp³-hybridized carbons (Fsp3) is 0.111. The molecule has 0 unspecified atom stereocenters. The van der Waals surface area contributed by atoms with Crippen LogP contribution < -0.4 is 10.1 Å². The maximum atomic E-state index is 13.1. The molecular formula is C9H7FN2O3. The number of anilines is 1. The number of amides is 1. The van der Waals surface area contributed by atoms with Crippen LogP contribution >= 0.6 is 0 Å². The number of halogens is 1. The maximum Gasteiger partial charge on any atom is 0.409 e. The first-order chi connectivity index (χ1) is 7.08. The lowest BCUT2D eigenvalue weighted by molar-refractivity contribution is 0.209. The van der Waals surface area contributed by atoms with Gasteiger partial charge in [0, 0.05) is 6.07 Å². The van der Waals surface area contributed by atoms with E-state index < -0.39 is 11.9 Å². The number of methoxy groups -OCH3 is 1. The molecule has 6 heteroatoms. The van der Waals surface area contributed by atoms with E-state index in [4.69, 9.17) is 10.4 Å². The normalized spacial score (nSPS) is 9.13. The van der Waals surface area contributed by atoms with Crippen molar-refractivity contribution in [3.05, 3.63) is 23.5 Å². The van der Waals surface area contributed by atoms with Crippen LogP contribution in [0.3, 0.4) is 0 Å². The van der Waals surface area contributed by atoms with Crippen LogP contribution in [0.5, 0.6) is 5.75 Å². The molecule has 0 saturated heterocycles. The Labute approximate surface area is 84.7 Å². The molecule has 78 valence electrons. The maximum absolute atomic E-state index is 13.1. The van der Waals surface area contributed by atoms with Crippen LogP contribution in [-0.4, -0.2) is 18.3 Å². The molecule has 0 aromatic heterocycles. The Morgan fingerprint density at radius 1 is 1.67 bits per heavy atom. The molecule has 0 bridgehead atoms. The summed E-state index contributed by atoms with van der Waals surface area (Å²) in [4.78, 5) is 10.4. The number of hydrogen-bond donors (Lipinski definition) is 2. The standard InChI is InChI=1S/C9H7FN2O3/c1-15-8-3-7(12-9(13)14)5(4-11)2-6(8)10/h2-3,12H,1H3,(H,13,14). The van der Waals surface area contributed by atoms with Gasteiger partial charge in [0.1, 0.15) is 6.07 Å². The van der Waals surface area contributed by atoms with Crippen LogP contribution in [0, 0.1) is 17.1 Å². The first-order valence-corrected chi connectivity index (χ1v) is 3.86. The van der Waals surface area contributed by atoms with E-state index in [9.17, 15) is 9.18 Å². The van der Waals surface area contributed by atoms with Crippen molar-refractivity contribution in [2.45, 2.75) is 0 Å². The number of benzene rings is 1. The van der Waals surface area contributed by atoms with E-state index in [1.165, 1.54) is 7.11 Å².